The Balaban J connectivity index is 0.000000424. The second kappa shape index (κ2) is 5.65. The summed E-state index contributed by atoms with van der Waals surface area (Å²) in [5, 5.41) is 0. The molecule has 0 aliphatic rings. The molecule has 74 valence electrons. The van der Waals surface area contributed by atoms with E-state index in [9.17, 15) is 8.42 Å². The molecule has 0 unspecified atom stereocenters. The van der Waals surface area contributed by atoms with Crippen molar-refractivity contribution in [3.63, 3.8) is 0 Å². The normalized spacial score (nSPS) is 10.1. The van der Waals surface area contributed by atoms with Crippen molar-refractivity contribution in [1.82, 2.24) is 5.43 Å². The van der Waals surface area contributed by atoms with E-state index in [1.54, 1.807) is 25.2 Å². The number of hydrazine groups is 1. The molecule has 0 bridgehead atoms. The van der Waals surface area contributed by atoms with Crippen LogP contribution in [0.4, 0.5) is 0 Å². The summed E-state index contributed by atoms with van der Waals surface area (Å²) >= 11 is 0. The molecule has 1 rings (SSSR count). The lowest BCUT2D eigenvalue weighted by molar-refractivity contribution is 0.483. The highest BCUT2D eigenvalue weighted by molar-refractivity contribution is 7.85. The predicted molar refractivity (Wildman–Crippen MR) is 49.5 cm³/mol. The van der Waals surface area contributed by atoms with E-state index in [0.29, 0.717) is 0 Å². The van der Waals surface area contributed by atoms with E-state index in [4.69, 9.17) is 4.55 Å². The van der Waals surface area contributed by atoms with Crippen LogP contribution in [0.2, 0.25) is 0 Å². The van der Waals surface area contributed by atoms with Crippen molar-refractivity contribution in [2.75, 3.05) is 7.05 Å². The van der Waals surface area contributed by atoms with Crippen LogP contribution < -0.4 is 11.3 Å². The zero-order valence-electron chi connectivity index (χ0n) is 7.14. The molecule has 5 nitrogen and oxygen atoms in total. The summed E-state index contributed by atoms with van der Waals surface area (Å²) < 4.78 is 29.2. The summed E-state index contributed by atoms with van der Waals surface area (Å²) in [6.07, 6.45) is 0. The molecule has 0 aliphatic carbocycles. The van der Waals surface area contributed by atoms with Crippen LogP contribution in [-0.2, 0) is 10.1 Å². The van der Waals surface area contributed by atoms with Gasteiger partial charge < -0.3 is 0 Å². The van der Waals surface area contributed by atoms with Gasteiger partial charge in [-0.05, 0) is 19.2 Å². The fourth-order valence-corrected chi connectivity index (χ4v) is 1.09. The Hall–Kier alpha value is -0.950. The van der Waals surface area contributed by atoms with Crippen molar-refractivity contribution >= 4 is 10.1 Å². The minimum absolute atomic E-state index is 0.0741. The standard InChI is InChI=1S/C6H6O3S.CH6N2/c7-10(8,9)6-4-2-1-3-5-6;1-3-2/h1-5H,(H,7,8,9);3H,2H2,1H3. The zero-order chi connectivity index (χ0) is 10.3. The van der Waals surface area contributed by atoms with Crippen LogP contribution in [0.3, 0.4) is 0 Å². The average molecular weight is 204 g/mol. The molecule has 0 spiro atoms. The highest BCUT2D eigenvalue weighted by atomic mass is 32.2. The van der Waals surface area contributed by atoms with Gasteiger partial charge in [-0.3, -0.25) is 15.8 Å². The number of hydrogen-bond donors (Lipinski definition) is 3. The predicted octanol–water partition coefficient (Wildman–Crippen LogP) is 0.0128. The average Bonchev–Trinajstić information content (AvgIpc) is 2.06. The summed E-state index contributed by atoms with van der Waals surface area (Å²) in [5.74, 6) is 4.60. The molecule has 13 heavy (non-hydrogen) atoms. The molecule has 0 amide bonds. The molecule has 1 aromatic carbocycles. The van der Waals surface area contributed by atoms with Crippen LogP contribution in [0.15, 0.2) is 35.2 Å². The van der Waals surface area contributed by atoms with Crippen molar-refractivity contribution in [1.29, 1.82) is 0 Å². The van der Waals surface area contributed by atoms with Gasteiger partial charge >= 0.3 is 0 Å². The van der Waals surface area contributed by atoms with Gasteiger partial charge in [0.15, 0.2) is 0 Å². The molecule has 6 heteroatoms. The minimum atomic E-state index is -4.00. The molecular weight excluding hydrogens is 192 g/mol. The van der Waals surface area contributed by atoms with Gasteiger partial charge in [-0.15, -0.1) is 0 Å². The lowest BCUT2D eigenvalue weighted by Crippen LogP contribution is -2.13. The second-order valence-electron chi connectivity index (χ2n) is 2.08. The van der Waals surface area contributed by atoms with Crippen molar-refractivity contribution in [2.45, 2.75) is 4.90 Å². The quantitative estimate of drug-likeness (QED) is 0.340. The third-order valence-corrected chi connectivity index (χ3v) is 1.91. The Labute approximate surface area is 77.3 Å². The van der Waals surface area contributed by atoms with Crippen molar-refractivity contribution < 1.29 is 13.0 Å². The maximum Gasteiger partial charge on any atom is 0.294 e. The van der Waals surface area contributed by atoms with Gasteiger partial charge in [0, 0.05) is 0 Å². The number of nitrogens with two attached hydrogens (primary N) is 1. The molecule has 0 atom stereocenters. The van der Waals surface area contributed by atoms with E-state index in [1.165, 1.54) is 12.1 Å². The van der Waals surface area contributed by atoms with Crippen LogP contribution in [0.5, 0.6) is 0 Å². The number of nitrogens with one attached hydrogen (secondary N) is 1. The molecule has 0 radical (unpaired) electrons. The Morgan fingerprint density at radius 3 is 1.92 bits per heavy atom. The summed E-state index contributed by atoms with van der Waals surface area (Å²) in [7, 11) is -2.35. The van der Waals surface area contributed by atoms with Crippen molar-refractivity contribution in [3.8, 4) is 0 Å². The fourth-order valence-electron chi connectivity index (χ4n) is 0.592. The van der Waals surface area contributed by atoms with E-state index in [1.807, 2.05) is 0 Å². The van der Waals surface area contributed by atoms with Crippen molar-refractivity contribution in [2.24, 2.45) is 5.84 Å². The molecule has 4 N–H and O–H groups in total. The molecule has 1 aromatic rings. The monoisotopic (exact) mass is 204 g/mol. The second-order valence-corrected chi connectivity index (χ2v) is 3.50. The first-order chi connectivity index (χ1) is 6.02. The van der Waals surface area contributed by atoms with Crippen LogP contribution in [-0.4, -0.2) is 20.0 Å². The van der Waals surface area contributed by atoms with Gasteiger partial charge in [-0.25, -0.2) is 0 Å². The van der Waals surface area contributed by atoms with Gasteiger partial charge in [-0.2, -0.15) is 8.42 Å². The van der Waals surface area contributed by atoms with Gasteiger partial charge in [0.1, 0.15) is 0 Å². The lowest BCUT2D eigenvalue weighted by atomic mass is 10.4. The molecule has 0 aromatic heterocycles. The maximum absolute atomic E-state index is 10.4. The van der Waals surface area contributed by atoms with E-state index >= 15 is 0 Å². The van der Waals surface area contributed by atoms with Crippen LogP contribution >= 0.6 is 0 Å². The van der Waals surface area contributed by atoms with E-state index in [2.05, 4.69) is 11.3 Å². The number of hydrogen-bond acceptors (Lipinski definition) is 4. The van der Waals surface area contributed by atoms with E-state index in [0.717, 1.165) is 0 Å². The summed E-state index contributed by atoms with van der Waals surface area (Å²) in [5.41, 5.74) is 2.25. The Morgan fingerprint density at radius 1 is 1.31 bits per heavy atom. The largest absolute Gasteiger partial charge is 0.294 e. The first kappa shape index (κ1) is 12.0. The Morgan fingerprint density at radius 2 is 1.69 bits per heavy atom. The molecule has 0 fully saturated rings. The van der Waals surface area contributed by atoms with Crippen LogP contribution in [0, 0.1) is 0 Å². The van der Waals surface area contributed by atoms with Gasteiger partial charge in [0.25, 0.3) is 10.1 Å². The van der Waals surface area contributed by atoms with Crippen LogP contribution in [0.25, 0.3) is 0 Å². The first-order valence-corrected chi connectivity index (χ1v) is 4.86. The van der Waals surface area contributed by atoms with Crippen LogP contribution in [0.1, 0.15) is 0 Å². The van der Waals surface area contributed by atoms with Crippen molar-refractivity contribution in [3.05, 3.63) is 30.3 Å². The van der Waals surface area contributed by atoms with E-state index < -0.39 is 10.1 Å². The summed E-state index contributed by atoms with van der Waals surface area (Å²) in [6, 6.07) is 7.42. The Bertz CT molecular complexity index is 323. The third-order valence-electron chi connectivity index (χ3n) is 1.04. The fraction of sp³-hybridized carbons (Fsp3) is 0.143. The summed E-state index contributed by atoms with van der Waals surface area (Å²) in [6.45, 7) is 0. The maximum atomic E-state index is 10.4. The highest BCUT2D eigenvalue weighted by Gasteiger charge is 2.05. The minimum Gasteiger partial charge on any atom is -0.282 e. The van der Waals surface area contributed by atoms with Gasteiger partial charge in [0.05, 0.1) is 4.90 Å². The molecular formula is C7H12N2O3S. The highest BCUT2D eigenvalue weighted by Crippen LogP contribution is 2.05. The third kappa shape index (κ3) is 5.31. The number of benzene rings is 1. The molecule has 0 aliphatic heterocycles. The van der Waals surface area contributed by atoms with E-state index in [-0.39, 0.29) is 4.90 Å². The Kier molecular flexibility index (Phi) is 5.24. The van der Waals surface area contributed by atoms with Gasteiger partial charge in [-0.1, -0.05) is 18.2 Å². The smallest absolute Gasteiger partial charge is 0.282 e. The molecule has 0 heterocycles. The molecule has 0 saturated heterocycles. The number of rotatable bonds is 1. The zero-order valence-corrected chi connectivity index (χ0v) is 7.95. The molecule has 0 saturated carbocycles. The summed E-state index contributed by atoms with van der Waals surface area (Å²) in [4.78, 5) is -0.0741. The van der Waals surface area contributed by atoms with Gasteiger partial charge in [0.2, 0.25) is 0 Å². The topological polar surface area (TPSA) is 92.4 Å². The lowest BCUT2D eigenvalue weighted by Gasteiger charge is -1.92. The first-order valence-electron chi connectivity index (χ1n) is 3.42. The SMILES string of the molecule is CNN.O=S(=O)(O)c1ccccc1.